The molecule has 0 spiro atoms. The molecule has 2 nitrogen and oxygen atoms in total. The number of nitrogens with one attached hydrogen (secondary N) is 2. The van der Waals surface area contributed by atoms with E-state index in [1.54, 1.807) is 11.3 Å². The van der Waals surface area contributed by atoms with Crippen LogP contribution in [0.5, 0.6) is 0 Å². The molecule has 1 aromatic heterocycles. The molecule has 0 aliphatic rings. The normalized spacial score (nSPS) is 9.88. The van der Waals surface area contributed by atoms with Crippen LogP contribution in [0.1, 0.15) is 4.88 Å². The quantitative estimate of drug-likeness (QED) is 0.827. The van der Waals surface area contributed by atoms with Crippen molar-refractivity contribution < 1.29 is 0 Å². The highest BCUT2D eigenvalue weighted by Gasteiger charge is 1.97. The minimum atomic E-state index is 0.674. The van der Waals surface area contributed by atoms with Crippen LogP contribution in [-0.2, 0) is 6.42 Å². The van der Waals surface area contributed by atoms with Crippen molar-refractivity contribution in [3.8, 4) is 0 Å². The smallest absolute Gasteiger partial charge is 0.170 e. The Labute approximate surface area is 111 Å². The maximum Gasteiger partial charge on any atom is 0.170 e. The van der Waals surface area contributed by atoms with E-state index >= 15 is 0 Å². The molecule has 1 heterocycles. The molecule has 0 aliphatic carbocycles. The lowest BCUT2D eigenvalue weighted by molar-refractivity contribution is 0.885. The Morgan fingerprint density at radius 1 is 1.12 bits per heavy atom. The van der Waals surface area contributed by atoms with E-state index in [1.807, 2.05) is 30.3 Å². The van der Waals surface area contributed by atoms with Crippen LogP contribution in [0.3, 0.4) is 0 Å². The van der Waals surface area contributed by atoms with E-state index in [4.69, 9.17) is 12.2 Å². The van der Waals surface area contributed by atoms with Gasteiger partial charge in [-0.15, -0.1) is 11.3 Å². The van der Waals surface area contributed by atoms with E-state index in [2.05, 4.69) is 28.1 Å². The molecule has 0 bridgehead atoms. The lowest BCUT2D eigenvalue weighted by atomic mass is 10.3. The predicted molar refractivity (Wildman–Crippen MR) is 78.7 cm³/mol. The highest BCUT2D eigenvalue weighted by Crippen LogP contribution is 2.08. The maximum absolute atomic E-state index is 5.21. The summed E-state index contributed by atoms with van der Waals surface area (Å²) in [6.45, 7) is 0.860. The van der Waals surface area contributed by atoms with Gasteiger partial charge >= 0.3 is 0 Å². The van der Waals surface area contributed by atoms with Gasteiger partial charge < -0.3 is 10.6 Å². The summed E-state index contributed by atoms with van der Waals surface area (Å²) in [6.07, 6.45) is 1.01. The summed E-state index contributed by atoms with van der Waals surface area (Å²) >= 11 is 6.99. The van der Waals surface area contributed by atoms with E-state index in [-0.39, 0.29) is 0 Å². The van der Waals surface area contributed by atoms with Crippen molar-refractivity contribution in [3.63, 3.8) is 0 Å². The molecule has 0 saturated heterocycles. The van der Waals surface area contributed by atoms with E-state index in [0.29, 0.717) is 5.11 Å². The molecule has 2 rings (SSSR count). The number of hydrogen-bond acceptors (Lipinski definition) is 2. The van der Waals surface area contributed by atoms with Gasteiger partial charge in [0.05, 0.1) is 0 Å². The summed E-state index contributed by atoms with van der Waals surface area (Å²) in [6, 6.07) is 14.1. The first kappa shape index (κ1) is 12.1. The van der Waals surface area contributed by atoms with Crippen LogP contribution in [0.15, 0.2) is 47.8 Å². The van der Waals surface area contributed by atoms with E-state index in [1.165, 1.54) is 4.88 Å². The molecule has 0 amide bonds. The third kappa shape index (κ3) is 4.17. The second-order valence-electron chi connectivity index (χ2n) is 3.58. The number of rotatable bonds is 4. The maximum atomic E-state index is 5.21. The van der Waals surface area contributed by atoms with Crippen molar-refractivity contribution in [2.24, 2.45) is 0 Å². The Morgan fingerprint density at radius 3 is 2.65 bits per heavy atom. The van der Waals surface area contributed by atoms with Gasteiger partial charge in [0.1, 0.15) is 0 Å². The number of hydrogen-bond donors (Lipinski definition) is 2. The van der Waals surface area contributed by atoms with Crippen LogP contribution in [0.4, 0.5) is 5.69 Å². The zero-order valence-corrected chi connectivity index (χ0v) is 11.0. The zero-order chi connectivity index (χ0) is 11.9. The summed E-state index contributed by atoms with van der Waals surface area (Å²) in [5, 5.41) is 9.11. The van der Waals surface area contributed by atoms with Crippen molar-refractivity contribution in [2.75, 3.05) is 11.9 Å². The molecule has 2 N–H and O–H groups in total. The molecule has 0 atom stereocenters. The first-order valence-corrected chi connectivity index (χ1v) is 6.75. The number of thiocarbonyl (C=S) groups is 1. The molecule has 0 unspecified atom stereocenters. The fourth-order valence-corrected chi connectivity index (χ4v) is 2.38. The van der Waals surface area contributed by atoms with Gasteiger partial charge in [-0.2, -0.15) is 0 Å². The molecule has 17 heavy (non-hydrogen) atoms. The van der Waals surface area contributed by atoms with Crippen molar-refractivity contribution in [1.82, 2.24) is 5.32 Å². The molecule has 0 aliphatic heterocycles. The van der Waals surface area contributed by atoms with Crippen LogP contribution in [0.25, 0.3) is 0 Å². The summed E-state index contributed by atoms with van der Waals surface area (Å²) < 4.78 is 0. The van der Waals surface area contributed by atoms with Gasteiger partial charge in [0.2, 0.25) is 0 Å². The van der Waals surface area contributed by atoms with Gasteiger partial charge in [-0.1, -0.05) is 24.3 Å². The molecule has 0 fully saturated rings. The topological polar surface area (TPSA) is 24.1 Å². The largest absolute Gasteiger partial charge is 0.362 e. The summed E-state index contributed by atoms with van der Waals surface area (Å²) in [4.78, 5) is 1.38. The molecular formula is C13H14N2S2. The van der Waals surface area contributed by atoms with E-state index < -0.39 is 0 Å². The lowest BCUT2D eigenvalue weighted by Crippen LogP contribution is -2.29. The van der Waals surface area contributed by atoms with Gasteiger partial charge in [0.15, 0.2) is 5.11 Å². The monoisotopic (exact) mass is 262 g/mol. The van der Waals surface area contributed by atoms with Gasteiger partial charge in [-0.25, -0.2) is 0 Å². The van der Waals surface area contributed by atoms with Gasteiger partial charge in [-0.3, -0.25) is 0 Å². The van der Waals surface area contributed by atoms with Gasteiger partial charge in [-0.05, 0) is 42.2 Å². The van der Waals surface area contributed by atoms with Crippen molar-refractivity contribution in [1.29, 1.82) is 0 Å². The van der Waals surface area contributed by atoms with E-state index in [9.17, 15) is 0 Å². The van der Waals surface area contributed by atoms with Crippen molar-refractivity contribution >= 4 is 34.4 Å². The second-order valence-corrected chi connectivity index (χ2v) is 5.02. The second kappa shape index (κ2) is 6.37. The molecular weight excluding hydrogens is 248 g/mol. The summed E-state index contributed by atoms with van der Waals surface area (Å²) in [5.41, 5.74) is 1.01. The average molecular weight is 262 g/mol. The highest BCUT2D eigenvalue weighted by molar-refractivity contribution is 7.80. The number of anilines is 1. The Bertz CT molecular complexity index is 452. The van der Waals surface area contributed by atoms with Crippen LogP contribution >= 0.6 is 23.6 Å². The third-order valence-corrected chi connectivity index (χ3v) is 3.45. The van der Waals surface area contributed by atoms with Gasteiger partial charge in [0, 0.05) is 17.1 Å². The molecule has 88 valence electrons. The first-order chi connectivity index (χ1) is 8.34. The minimum Gasteiger partial charge on any atom is -0.362 e. The number of para-hydroxylation sites is 1. The van der Waals surface area contributed by atoms with E-state index in [0.717, 1.165) is 18.7 Å². The molecule has 1 aromatic carbocycles. The summed E-state index contributed by atoms with van der Waals surface area (Å²) in [5.74, 6) is 0. The zero-order valence-electron chi connectivity index (χ0n) is 9.35. The van der Waals surface area contributed by atoms with Gasteiger partial charge in [0.25, 0.3) is 0 Å². The Hall–Kier alpha value is -1.39. The SMILES string of the molecule is S=C(NCCc1cccs1)Nc1ccccc1. The number of benzene rings is 1. The van der Waals surface area contributed by atoms with Crippen LogP contribution < -0.4 is 10.6 Å². The number of thiophene rings is 1. The Balaban J connectivity index is 1.71. The average Bonchev–Trinajstić information content (AvgIpc) is 2.83. The van der Waals surface area contributed by atoms with Crippen molar-refractivity contribution in [2.45, 2.75) is 6.42 Å². The lowest BCUT2D eigenvalue weighted by Gasteiger charge is -2.09. The van der Waals surface area contributed by atoms with Crippen LogP contribution in [0, 0.1) is 0 Å². The Kier molecular flexibility index (Phi) is 4.53. The van der Waals surface area contributed by atoms with Crippen LogP contribution in [-0.4, -0.2) is 11.7 Å². The highest BCUT2D eigenvalue weighted by atomic mass is 32.1. The predicted octanol–water partition coefficient (Wildman–Crippen LogP) is 3.28. The van der Waals surface area contributed by atoms with Crippen molar-refractivity contribution in [3.05, 3.63) is 52.7 Å². The van der Waals surface area contributed by atoms with Crippen LogP contribution in [0.2, 0.25) is 0 Å². The molecule has 4 heteroatoms. The molecule has 0 radical (unpaired) electrons. The summed E-state index contributed by atoms with van der Waals surface area (Å²) in [7, 11) is 0. The fourth-order valence-electron chi connectivity index (χ4n) is 1.45. The fraction of sp³-hybridized carbons (Fsp3) is 0.154. The molecule has 2 aromatic rings. The minimum absolute atomic E-state index is 0.674. The standard InChI is InChI=1S/C13H14N2S2/c16-13(15-11-5-2-1-3-6-11)14-9-8-12-7-4-10-17-12/h1-7,10H,8-9H2,(H2,14,15,16). The third-order valence-electron chi connectivity index (χ3n) is 2.27. The molecule has 0 saturated carbocycles. The Morgan fingerprint density at radius 2 is 1.94 bits per heavy atom. The first-order valence-electron chi connectivity index (χ1n) is 5.47.